The van der Waals surface area contributed by atoms with Gasteiger partial charge >= 0.3 is 0 Å². The number of aryl methyl sites for hydroxylation is 1. The van der Waals surface area contributed by atoms with Crippen molar-refractivity contribution in [2.75, 3.05) is 24.6 Å². The lowest BCUT2D eigenvalue weighted by molar-refractivity contribution is 0.0395. The van der Waals surface area contributed by atoms with Gasteiger partial charge in [0.05, 0.1) is 6.61 Å². The van der Waals surface area contributed by atoms with E-state index in [-0.39, 0.29) is 11.9 Å². The molecule has 2 fully saturated rings. The van der Waals surface area contributed by atoms with Crippen molar-refractivity contribution in [2.24, 2.45) is 0 Å². The summed E-state index contributed by atoms with van der Waals surface area (Å²) < 4.78 is 19.1. The molecule has 1 aromatic heterocycles. The molecule has 0 spiro atoms. The molecule has 1 aliphatic carbocycles. The van der Waals surface area contributed by atoms with Gasteiger partial charge in [-0.15, -0.1) is 0 Å². The average Bonchev–Trinajstić information content (AvgIpc) is 3.39. The van der Waals surface area contributed by atoms with Crippen molar-refractivity contribution in [3.63, 3.8) is 0 Å². The Hall–Kier alpha value is -1.72. The van der Waals surface area contributed by atoms with Crippen molar-refractivity contribution in [1.82, 2.24) is 9.97 Å². The maximum atomic E-state index is 13.3. The number of hydrogen-bond acceptors (Lipinski definition) is 4. The van der Waals surface area contributed by atoms with Crippen LogP contribution in [0.5, 0.6) is 0 Å². The van der Waals surface area contributed by atoms with Gasteiger partial charge in [0.1, 0.15) is 23.6 Å². The Kier molecular flexibility index (Phi) is 4.14. The number of halogens is 2. The second-order valence-corrected chi connectivity index (χ2v) is 6.88. The molecule has 0 radical (unpaired) electrons. The SMILES string of the molecule is Cc1cc(N2CCO[C@H](c3ccc(F)cc3Cl)C2)nc(C2CC2)n1. The van der Waals surface area contributed by atoms with Crippen molar-refractivity contribution in [2.45, 2.75) is 31.8 Å². The fourth-order valence-electron chi connectivity index (χ4n) is 3.07. The van der Waals surface area contributed by atoms with Crippen LogP contribution < -0.4 is 4.90 Å². The number of hydrogen-bond donors (Lipinski definition) is 0. The predicted molar refractivity (Wildman–Crippen MR) is 91.1 cm³/mol. The van der Waals surface area contributed by atoms with Crippen LogP contribution in [0.1, 0.15) is 41.9 Å². The molecule has 1 saturated heterocycles. The van der Waals surface area contributed by atoms with Crippen molar-refractivity contribution in [1.29, 1.82) is 0 Å². The Bertz CT molecular complexity index is 766. The number of morpholine rings is 1. The lowest BCUT2D eigenvalue weighted by Crippen LogP contribution is -2.39. The van der Waals surface area contributed by atoms with E-state index in [9.17, 15) is 4.39 Å². The summed E-state index contributed by atoms with van der Waals surface area (Å²) in [7, 11) is 0. The molecule has 0 amide bonds. The summed E-state index contributed by atoms with van der Waals surface area (Å²) in [4.78, 5) is 11.5. The summed E-state index contributed by atoms with van der Waals surface area (Å²) in [6.07, 6.45) is 2.17. The molecule has 4 rings (SSSR count). The van der Waals surface area contributed by atoms with Gasteiger partial charge in [-0.25, -0.2) is 14.4 Å². The molecule has 24 heavy (non-hydrogen) atoms. The van der Waals surface area contributed by atoms with Crippen molar-refractivity contribution in [3.05, 3.63) is 52.2 Å². The first-order valence-corrected chi connectivity index (χ1v) is 8.65. The van der Waals surface area contributed by atoms with Gasteiger partial charge in [0.25, 0.3) is 0 Å². The van der Waals surface area contributed by atoms with Gasteiger partial charge in [-0.05, 0) is 31.9 Å². The highest BCUT2D eigenvalue weighted by molar-refractivity contribution is 6.31. The number of aromatic nitrogens is 2. The third-order valence-corrected chi connectivity index (χ3v) is 4.83. The van der Waals surface area contributed by atoms with Crippen LogP contribution in [0, 0.1) is 12.7 Å². The molecular formula is C18H19ClFN3O. The minimum absolute atomic E-state index is 0.188. The summed E-state index contributed by atoms with van der Waals surface area (Å²) in [5.41, 5.74) is 1.81. The smallest absolute Gasteiger partial charge is 0.134 e. The first-order valence-electron chi connectivity index (χ1n) is 8.27. The molecule has 1 atom stereocenters. The molecule has 126 valence electrons. The molecule has 6 heteroatoms. The molecule has 1 aliphatic heterocycles. The summed E-state index contributed by atoms with van der Waals surface area (Å²) in [5, 5.41) is 0.402. The van der Waals surface area contributed by atoms with Crippen LogP contribution >= 0.6 is 11.6 Å². The maximum absolute atomic E-state index is 13.3. The van der Waals surface area contributed by atoms with Gasteiger partial charge in [0.2, 0.25) is 0 Å². The van der Waals surface area contributed by atoms with Crippen molar-refractivity contribution < 1.29 is 9.13 Å². The molecule has 2 heterocycles. The Morgan fingerprint density at radius 3 is 2.83 bits per heavy atom. The molecule has 4 nitrogen and oxygen atoms in total. The minimum atomic E-state index is -0.336. The molecule has 2 aromatic rings. The number of anilines is 1. The molecular weight excluding hydrogens is 329 g/mol. The van der Waals surface area contributed by atoms with E-state index in [1.807, 2.05) is 13.0 Å². The van der Waals surface area contributed by atoms with Crippen LogP contribution in [0.15, 0.2) is 24.3 Å². The third-order valence-electron chi connectivity index (χ3n) is 4.50. The zero-order valence-electron chi connectivity index (χ0n) is 13.5. The standard InChI is InChI=1S/C18H19ClFN3O/c1-11-8-17(22-18(21-11)12-2-3-12)23-6-7-24-16(10-23)14-5-4-13(20)9-15(14)19/h4-5,8-9,12,16H,2-3,6-7,10H2,1H3/t16-/m0/s1. The fourth-order valence-corrected chi connectivity index (χ4v) is 3.36. The molecule has 2 aliphatic rings. The monoisotopic (exact) mass is 347 g/mol. The van der Waals surface area contributed by atoms with Crippen LogP contribution in [0.25, 0.3) is 0 Å². The van der Waals surface area contributed by atoms with E-state index in [0.29, 0.717) is 24.1 Å². The van der Waals surface area contributed by atoms with Gasteiger partial charge < -0.3 is 9.64 Å². The Morgan fingerprint density at radius 1 is 1.25 bits per heavy atom. The molecule has 0 N–H and O–H groups in total. The van der Waals surface area contributed by atoms with Gasteiger partial charge in [0.15, 0.2) is 0 Å². The zero-order valence-corrected chi connectivity index (χ0v) is 14.3. The van der Waals surface area contributed by atoms with Crippen LogP contribution in [0.2, 0.25) is 5.02 Å². The quantitative estimate of drug-likeness (QED) is 0.840. The van der Waals surface area contributed by atoms with Gasteiger partial charge in [-0.3, -0.25) is 0 Å². The van der Waals surface area contributed by atoms with Crippen LogP contribution in [0.3, 0.4) is 0 Å². The van der Waals surface area contributed by atoms with Gasteiger partial charge in [-0.2, -0.15) is 0 Å². The van der Waals surface area contributed by atoms with Gasteiger partial charge in [-0.1, -0.05) is 17.7 Å². The van der Waals surface area contributed by atoms with Gasteiger partial charge in [0, 0.05) is 41.4 Å². The Morgan fingerprint density at radius 2 is 2.08 bits per heavy atom. The zero-order chi connectivity index (χ0) is 16.7. The Labute approximate surface area is 145 Å². The molecule has 1 saturated carbocycles. The Balaban J connectivity index is 1.58. The van der Waals surface area contributed by atoms with E-state index in [1.54, 1.807) is 6.07 Å². The third kappa shape index (κ3) is 3.23. The summed E-state index contributed by atoms with van der Waals surface area (Å²) in [6.45, 7) is 4.01. The highest BCUT2D eigenvalue weighted by atomic mass is 35.5. The number of nitrogens with zero attached hydrogens (tertiary/aromatic N) is 3. The summed E-state index contributed by atoms with van der Waals surface area (Å²) in [6, 6.07) is 6.47. The molecule has 0 unspecified atom stereocenters. The minimum Gasteiger partial charge on any atom is -0.370 e. The second-order valence-electron chi connectivity index (χ2n) is 6.47. The van der Waals surface area contributed by atoms with Crippen LogP contribution in [-0.4, -0.2) is 29.7 Å². The lowest BCUT2D eigenvalue weighted by Gasteiger charge is -2.34. The molecule has 1 aromatic carbocycles. The lowest BCUT2D eigenvalue weighted by atomic mass is 10.1. The van der Waals surface area contributed by atoms with E-state index in [0.717, 1.165) is 29.4 Å². The van der Waals surface area contributed by atoms with E-state index < -0.39 is 0 Å². The number of ether oxygens (including phenoxy) is 1. The average molecular weight is 348 g/mol. The van der Waals surface area contributed by atoms with Crippen molar-refractivity contribution in [3.8, 4) is 0 Å². The molecule has 0 bridgehead atoms. The van der Waals surface area contributed by atoms with Crippen LogP contribution in [-0.2, 0) is 4.74 Å². The number of benzene rings is 1. The van der Waals surface area contributed by atoms with E-state index >= 15 is 0 Å². The number of rotatable bonds is 3. The highest BCUT2D eigenvalue weighted by Crippen LogP contribution is 2.39. The first-order chi connectivity index (χ1) is 11.6. The first kappa shape index (κ1) is 15.8. The van der Waals surface area contributed by atoms with E-state index in [1.165, 1.54) is 25.0 Å². The largest absolute Gasteiger partial charge is 0.370 e. The highest BCUT2D eigenvalue weighted by Gasteiger charge is 2.29. The second kappa shape index (κ2) is 6.30. The topological polar surface area (TPSA) is 38.2 Å². The predicted octanol–water partition coefficient (Wildman–Crippen LogP) is 4.03. The summed E-state index contributed by atoms with van der Waals surface area (Å²) >= 11 is 6.19. The fraction of sp³-hybridized carbons (Fsp3) is 0.444. The van der Waals surface area contributed by atoms with E-state index in [4.69, 9.17) is 21.3 Å². The van der Waals surface area contributed by atoms with E-state index in [2.05, 4.69) is 9.88 Å². The normalized spacial score (nSPS) is 21.1. The maximum Gasteiger partial charge on any atom is 0.134 e. The van der Waals surface area contributed by atoms with Crippen molar-refractivity contribution >= 4 is 17.4 Å². The summed E-state index contributed by atoms with van der Waals surface area (Å²) in [5.74, 6) is 2.08. The van der Waals surface area contributed by atoms with Crippen LogP contribution in [0.4, 0.5) is 10.2 Å².